The van der Waals surface area contributed by atoms with Gasteiger partial charge >= 0.3 is 0 Å². The lowest BCUT2D eigenvalue weighted by Crippen LogP contribution is -2.47. The maximum atomic E-state index is 12.8. The summed E-state index contributed by atoms with van der Waals surface area (Å²) in [5, 5.41) is 0.718. The first-order valence-corrected chi connectivity index (χ1v) is 8.78. The van der Waals surface area contributed by atoms with Gasteiger partial charge in [-0.25, -0.2) is 0 Å². The number of amides is 1. The zero-order chi connectivity index (χ0) is 16.9. The fourth-order valence-electron chi connectivity index (χ4n) is 3.17. The highest BCUT2D eigenvalue weighted by Crippen LogP contribution is 2.29. The number of carbonyl (C=O) groups excluding carboxylic acids is 1. The Bertz CT molecular complexity index is 664. The van der Waals surface area contributed by atoms with E-state index in [0.717, 1.165) is 36.8 Å². The predicted octanol–water partition coefficient (Wildman–Crippen LogP) is 3.64. The molecule has 1 aliphatic heterocycles. The minimum Gasteiger partial charge on any atom is -0.340 e. The van der Waals surface area contributed by atoms with Crippen molar-refractivity contribution in [1.29, 1.82) is 0 Å². The molecule has 1 unspecified atom stereocenters. The first-order chi connectivity index (χ1) is 11.6. The van der Waals surface area contributed by atoms with Crippen LogP contribution < -0.4 is 0 Å². The first-order valence-electron chi connectivity index (χ1n) is 8.40. The SMILES string of the molecule is CN1CCN(C(=O)CC(c2ccccc2)c2ccc(Cl)cc2)CC1. The molecule has 3 rings (SSSR count). The third-order valence-corrected chi connectivity index (χ3v) is 4.96. The van der Waals surface area contributed by atoms with E-state index in [1.165, 1.54) is 5.56 Å². The van der Waals surface area contributed by atoms with Crippen LogP contribution in [0.4, 0.5) is 0 Å². The van der Waals surface area contributed by atoms with Gasteiger partial charge in [-0.15, -0.1) is 0 Å². The van der Waals surface area contributed by atoms with Crippen LogP contribution in [0.15, 0.2) is 54.6 Å². The molecule has 1 amide bonds. The van der Waals surface area contributed by atoms with E-state index in [1.807, 2.05) is 47.4 Å². The van der Waals surface area contributed by atoms with Crippen molar-refractivity contribution in [2.45, 2.75) is 12.3 Å². The van der Waals surface area contributed by atoms with Gasteiger partial charge in [-0.3, -0.25) is 4.79 Å². The van der Waals surface area contributed by atoms with Crippen LogP contribution in [0.1, 0.15) is 23.5 Å². The van der Waals surface area contributed by atoms with Crippen LogP contribution in [0.2, 0.25) is 5.02 Å². The summed E-state index contributed by atoms with van der Waals surface area (Å²) in [5.41, 5.74) is 2.30. The summed E-state index contributed by atoms with van der Waals surface area (Å²) >= 11 is 6.02. The quantitative estimate of drug-likeness (QED) is 0.847. The third-order valence-electron chi connectivity index (χ3n) is 4.71. The third kappa shape index (κ3) is 4.16. The van der Waals surface area contributed by atoms with Gasteiger partial charge in [0, 0.05) is 43.5 Å². The van der Waals surface area contributed by atoms with E-state index in [1.54, 1.807) is 0 Å². The fourth-order valence-corrected chi connectivity index (χ4v) is 3.29. The van der Waals surface area contributed by atoms with Crippen molar-refractivity contribution in [2.75, 3.05) is 33.2 Å². The van der Waals surface area contributed by atoms with E-state index in [4.69, 9.17) is 11.6 Å². The van der Waals surface area contributed by atoms with E-state index in [0.29, 0.717) is 6.42 Å². The highest BCUT2D eigenvalue weighted by Gasteiger charge is 2.24. The fraction of sp³-hybridized carbons (Fsp3) is 0.350. The summed E-state index contributed by atoms with van der Waals surface area (Å²) in [6.45, 7) is 3.53. The van der Waals surface area contributed by atoms with E-state index in [-0.39, 0.29) is 11.8 Å². The molecule has 0 spiro atoms. The van der Waals surface area contributed by atoms with Crippen molar-refractivity contribution < 1.29 is 4.79 Å². The average molecular weight is 343 g/mol. The number of halogens is 1. The van der Waals surface area contributed by atoms with E-state index in [2.05, 4.69) is 24.1 Å². The molecule has 0 bridgehead atoms. The van der Waals surface area contributed by atoms with Gasteiger partial charge in [0.1, 0.15) is 0 Å². The number of hydrogen-bond acceptors (Lipinski definition) is 2. The highest BCUT2D eigenvalue weighted by atomic mass is 35.5. The molecule has 4 heteroatoms. The second-order valence-electron chi connectivity index (χ2n) is 6.40. The molecule has 2 aromatic carbocycles. The lowest BCUT2D eigenvalue weighted by atomic mass is 9.88. The van der Waals surface area contributed by atoms with Gasteiger partial charge in [0.25, 0.3) is 0 Å². The number of nitrogens with zero attached hydrogens (tertiary/aromatic N) is 2. The Kier molecular flexibility index (Phi) is 5.54. The van der Waals surface area contributed by atoms with Gasteiger partial charge in [0.2, 0.25) is 5.91 Å². The second kappa shape index (κ2) is 7.82. The number of rotatable bonds is 4. The number of benzene rings is 2. The molecule has 1 fully saturated rings. The molecular formula is C20H23ClN2O. The molecule has 126 valence electrons. The van der Waals surface area contributed by atoms with Gasteiger partial charge in [-0.2, -0.15) is 0 Å². The van der Waals surface area contributed by atoms with Crippen LogP contribution >= 0.6 is 11.6 Å². The van der Waals surface area contributed by atoms with E-state index in [9.17, 15) is 4.79 Å². The lowest BCUT2D eigenvalue weighted by molar-refractivity contribution is -0.133. The van der Waals surface area contributed by atoms with Crippen LogP contribution in [0.3, 0.4) is 0 Å². The summed E-state index contributed by atoms with van der Waals surface area (Å²) in [5.74, 6) is 0.294. The molecule has 2 aromatic rings. The monoisotopic (exact) mass is 342 g/mol. The smallest absolute Gasteiger partial charge is 0.223 e. The average Bonchev–Trinajstić information content (AvgIpc) is 2.62. The zero-order valence-electron chi connectivity index (χ0n) is 14.0. The Morgan fingerprint density at radius 1 is 0.958 bits per heavy atom. The van der Waals surface area contributed by atoms with E-state index >= 15 is 0 Å². The number of carbonyl (C=O) groups is 1. The number of piperazine rings is 1. The van der Waals surface area contributed by atoms with Gasteiger partial charge in [-0.1, -0.05) is 54.1 Å². The second-order valence-corrected chi connectivity index (χ2v) is 6.84. The van der Waals surface area contributed by atoms with Crippen molar-refractivity contribution >= 4 is 17.5 Å². The Morgan fingerprint density at radius 2 is 1.54 bits per heavy atom. The number of hydrogen-bond donors (Lipinski definition) is 0. The minimum absolute atomic E-state index is 0.0654. The summed E-state index contributed by atoms with van der Waals surface area (Å²) in [4.78, 5) is 17.1. The molecule has 1 aliphatic rings. The van der Waals surface area contributed by atoms with Crippen molar-refractivity contribution in [3.63, 3.8) is 0 Å². The normalized spacial score (nSPS) is 16.8. The molecule has 0 saturated carbocycles. The standard InChI is InChI=1S/C20H23ClN2O/c1-22-11-13-23(14-12-22)20(24)15-19(16-5-3-2-4-6-16)17-7-9-18(21)10-8-17/h2-10,19H,11-15H2,1H3. The summed E-state index contributed by atoms with van der Waals surface area (Å²) in [7, 11) is 2.10. The Hall–Kier alpha value is -1.84. The molecule has 1 atom stereocenters. The van der Waals surface area contributed by atoms with Gasteiger partial charge in [0.05, 0.1) is 0 Å². The topological polar surface area (TPSA) is 23.6 Å². The molecule has 1 heterocycles. The molecule has 0 aromatic heterocycles. The molecule has 0 radical (unpaired) electrons. The first kappa shape index (κ1) is 17.0. The maximum absolute atomic E-state index is 12.8. The van der Waals surface area contributed by atoms with Crippen molar-refractivity contribution in [1.82, 2.24) is 9.80 Å². The van der Waals surface area contributed by atoms with Crippen LogP contribution in [0, 0.1) is 0 Å². The largest absolute Gasteiger partial charge is 0.340 e. The molecule has 0 N–H and O–H groups in total. The zero-order valence-corrected chi connectivity index (χ0v) is 14.7. The summed E-state index contributed by atoms with van der Waals surface area (Å²) in [6, 6.07) is 18.1. The molecule has 24 heavy (non-hydrogen) atoms. The Labute approximate surface area is 148 Å². The Balaban J connectivity index is 1.80. The van der Waals surface area contributed by atoms with Crippen molar-refractivity contribution in [2.24, 2.45) is 0 Å². The summed E-state index contributed by atoms with van der Waals surface area (Å²) in [6.07, 6.45) is 0.495. The minimum atomic E-state index is 0.0654. The summed E-state index contributed by atoms with van der Waals surface area (Å²) < 4.78 is 0. The van der Waals surface area contributed by atoms with Crippen LogP contribution in [0.5, 0.6) is 0 Å². The van der Waals surface area contributed by atoms with Crippen LogP contribution in [0.25, 0.3) is 0 Å². The van der Waals surface area contributed by atoms with Crippen molar-refractivity contribution in [3.8, 4) is 0 Å². The lowest BCUT2D eigenvalue weighted by Gasteiger charge is -2.33. The highest BCUT2D eigenvalue weighted by molar-refractivity contribution is 6.30. The molecule has 3 nitrogen and oxygen atoms in total. The maximum Gasteiger partial charge on any atom is 0.223 e. The van der Waals surface area contributed by atoms with E-state index < -0.39 is 0 Å². The molecule has 1 saturated heterocycles. The number of likely N-dealkylation sites (N-methyl/N-ethyl adjacent to an activating group) is 1. The predicted molar refractivity (Wildman–Crippen MR) is 98.4 cm³/mol. The Morgan fingerprint density at radius 3 is 2.17 bits per heavy atom. The van der Waals surface area contributed by atoms with Crippen molar-refractivity contribution in [3.05, 3.63) is 70.7 Å². The molecule has 0 aliphatic carbocycles. The van der Waals surface area contributed by atoms with Gasteiger partial charge in [0.15, 0.2) is 0 Å². The van der Waals surface area contributed by atoms with Gasteiger partial charge in [-0.05, 0) is 30.3 Å². The van der Waals surface area contributed by atoms with Gasteiger partial charge < -0.3 is 9.80 Å². The van der Waals surface area contributed by atoms with Crippen LogP contribution in [-0.4, -0.2) is 48.9 Å². The van der Waals surface area contributed by atoms with Crippen LogP contribution in [-0.2, 0) is 4.79 Å². The molecular weight excluding hydrogens is 320 g/mol.